The summed E-state index contributed by atoms with van der Waals surface area (Å²) >= 11 is 0. The number of urea groups is 1. The first-order chi connectivity index (χ1) is 9.60. The van der Waals surface area contributed by atoms with E-state index in [-0.39, 0.29) is 12.1 Å². The number of anilines is 1. The molecule has 0 spiro atoms. The predicted molar refractivity (Wildman–Crippen MR) is 76.8 cm³/mol. The van der Waals surface area contributed by atoms with Gasteiger partial charge in [0.15, 0.2) is 0 Å². The molecule has 0 bridgehead atoms. The van der Waals surface area contributed by atoms with Gasteiger partial charge in [0, 0.05) is 25.6 Å². The Balaban J connectivity index is 1.98. The van der Waals surface area contributed by atoms with Crippen LogP contribution in [0.4, 0.5) is 10.5 Å². The zero-order chi connectivity index (χ0) is 14.5. The molecule has 2 aromatic heterocycles. The molecule has 2 N–H and O–H groups in total. The van der Waals surface area contributed by atoms with Crippen molar-refractivity contribution in [3.63, 3.8) is 0 Å². The molecule has 0 fully saturated rings. The molecule has 0 aromatic carbocycles. The summed E-state index contributed by atoms with van der Waals surface area (Å²) in [6.45, 7) is 1.93. The molecule has 2 aromatic rings. The zero-order valence-electron chi connectivity index (χ0n) is 11.8. The van der Waals surface area contributed by atoms with Crippen LogP contribution in [0.1, 0.15) is 18.5 Å². The van der Waals surface area contributed by atoms with Crippen molar-refractivity contribution >= 4 is 11.7 Å². The van der Waals surface area contributed by atoms with Crippen molar-refractivity contribution in [2.75, 3.05) is 12.4 Å². The maximum atomic E-state index is 12.0. The van der Waals surface area contributed by atoms with E-state index < -0.39 is 0 Å². The van der Waals surface area contributed by atoms with Crippen LogP contribution in [0.5, 0.6) is 5.88 Å². The SMILES string of the molecule is COc1ncccc1NC(=O)N[C@@H](C)c1ccn(C)c1. The Hall–Kier alpha value is -2.50. The Labute approximate surface area is 117 Å². The van der Waals surface area contributed by atoms with Gasteiger partial charge in [0.1, 0.15) is 5.69 Å². The Morgan fingerprint density at radius 2 is 2.25 bits per heavy atom. The summed E-state index contributed by atoms with van der Waals surface area (Å²) in [4.78, 5) is 16.0. The van der Waals surface area contributed by atoms with Crippen molar-refractivity contribution in [3.8, 4) is 5.88 Å². The number of pyridine rings is 1. The number of nitrogens with one attached hydrogen (secondary N) is 2. The number of aromatic nitrogens is 2. The molecule has 2 amide bonds. The number of hydrogen-bond acceptors (Lipinski definition) is 3. The highest BCUT2D eigenvalue weighted by atomic mass is 16.5. The molecule has 0 aliphatic heterocycles. The highest BCUT2D eigenvalue weighted by Crippen LogP contribution is 2.20. The van der Waals surface area contributed by atoms with Gasteiger partial charge in [0.25, 0.3) is 0 Å². The van der Waals surface area contributed by atoms with E-state index in [0.717, 1.165) is 5.56 Å². The number of amides is 2. The molecule has 0 saturated carbocycles. The molecular formula is C14H18N4O2. The molecule has 0 aliphatic carbocycles. The lowest BCUT2D eigenvalue weighted by Gasteiger charge is -2.14. The lowest BCUT2D eigenvalue weighted by atomic mass is 10.2. The first kappa shape index (κ1) is 13.9. The molecule has 1 atom stereocenters. The predicted octanol–water partition coefficient (Wildman–Crippen LogP) is 2.31. The van der Waals surface area contributed by atoms with Gasteiger partial charge < -0.3 is 19.9 Å². The third kappa shape index (κ3) is 3.28. The lowest BCUT2D eigenvalue weighted by molar-refractivity contribution is 0.249. The Morgan fingerprint density at radius 1 is 1.45 bits per heavy atom. The van der Waals surface area contributed by atoms with Crippen LogP contribution in [0.2, 0.25) is 0 Å². The first-order valence-electron chi connectivity index (χ1n) is 6.28. The third-order valence-corrected chi connectivity index (χ3v) is 2.92. The van der Waals surface area contributed by atoms with Crippen LogP contribution >= 0.6 is 0 Å². The van der Waals surface area contributed by atoms with Gasteiger partial charge in [-0.05, 0) is 30.7 Å². The van der Waals surface area contributed by atoms with Crippen LogP contribution in [0, 0.1) is 0 Å². The van der Waals surface area contributed by atoms with Gasteiger partial charge in [0.05, 0.1) is 13.2 Å². The van der Waals surface area contributed by atoms with E-state index in [9.17, 15) is 4.79 Å². The molecule has 2 rings (SSSR count). The van der Waals surface area contributed by atoms with Crippen LogP contribution in [-0.2, 0) is 7.05 Å². The van der Waals surface area contributed by atoms with Gasteiger partial charge in [-0.25, -0.2) is 9.78 Å². The molecule has 0 aliphatic rings. The van der Waals surface area contributed by atoms with Crippen molar-refractivity contribution in [1.29, 1.82) is 0 Å². The minimum Gasteiger partial charge on any atom is -0.480 e. The average molecular weight is 274 g/mol. The molecule has 106 valence electrons. The molecule has 2 heterocycles. The molecule has 0 radical (unpaired) electrons. The molecule has 6 heteroatoms. The fraction of sp³-hybridized carbons (Fsp3) is 0.286. The number of ether oxygens (including phenoxy) is 1. The Bertz CT molecular complexity index is 594. The summed E-state index contributed by atoms with van der Waals surface area (Å²) in [5.74, 6) is 0.384. The van der Waals surface area contributed by atoms with Gasteiger partial charge in [-0.1, -0.05) is 0 Å². The van der Waals surface area contributed by atoms with Crippen molar-refractivity contribution in [2.24, 2.45) is 7.05 Å². The Kier molecular flexibility index (Phi) is 4.24. The van der Waals surface area contributed by atoms with Crippen molar-refractivity contribution < 1.29 is 9.53 Å². The molecule has 0 unspecified atom stereocenters. The van der Waals surface area contributed by atoms with Gasteiger partial charge in [-0.15, -0.1) is 0 Å². The second kappa shape index (κ2) is 6.10. The summed E-state index contributed by atoms with van der Waals surface area (Å²) in [5, 5.41) is 5.59. The van der Waals surface area contributed by atoms with E-state index >= 15 is 0 Å². The van der Waals surface area contributed by atoms with Crippen LogP contribution in [-0.4, -0.2) is 22.7 Å². The van der Waals surface area contributed by atoms with Gasteiger partial charge in [-0.2, -0.15) is 0 Å². The van der Waals surface area contributed by atoms with Gasteiger partial charge >= 0.3 is 6.03 Å². The van der Waals surface area contributed by atoms with Gasteiger partial charge in [0.2, 0.25) is 5.88 Å². The van der Waals surface area contributed by atoms with E-state index in [1.54, 1.807) is 18.3 Å². The Morgan fingerprint density at radius 3 is 2.90 bits per heavy atom. The fourth-order valence-corrected chi connectivity index (χ4v) is 1.87. The van der Waals surface area contributed by atoms with E-state index in [1.165, 1.54) is 7.11 Å². The number of nitrogens with zero attached hydrogens (tertiary/aromatic N) is 2. The van der Waals surface area contributed by atoms with Crippen molar-refractivity contribution in [3.05, 3.63) is 42.4 Å². The van der Waals surface area contributed by atoms with Gasteiger partial charge in [-0.3, -0.25) is 0 Å². The lowest BCUT2D eigenvalue weighted by Crippen LogP contribution is -2.31. The summed E-state index contributed by atoms with van der Waals surface area (Å²) in [6.07, 6.45) is 5.51. The summed E-state index contributed by atoms with van der Waals surface area (Å²) in [6, 6.07) is 5.05. The second-order valence-corrected chi connectivity index (χ2v) is 4.49. The van der Waals surface area contributed by atoms with Crippen LogP contribution < -0.4 is 15.4 Å². The minimum atomic E-state index is -0.298. The van der Waals surface area contributed by atoms with E-state index in [0.29, 0.717) is 11.6 Å². The van der Waals surface area contributed by atoms with Crippen LogP contribution in [0.15, 0.2) is 36.8 Å². The maximum absolute atomic E-state index is 12.0. The topological polar surface area (TPSA) is 68.2 Å². The van der Waals surface area contributed by atoms with E-state index in [4.69, 9.17) is 4.74 Å². The number of carbonyl (C=O) groups is 1. The van der Waals surface area contributed by atoms with Crippen molar-refractivity contribution in [1.82, 2.24) is 14.9 Å². The number of hydrogen-bond donors (Lipinski definition) is 2. The highest BCUT2D eigenvalue weighted by Gasteiger charge is 2.12. The fourth-order valence-electron chi connectivity index (χ4n) is 1.87. The molecule has 20 heavy (non-hydrogen) atoms. The smallest absolute Gasteiger partial charge is 0.319 e. The maximum Gasteiger partial charge on any atom is 0.319 e. The highest BCUT2D eigenvalue weighted by molar-refractivity contribution is 5.90. The summed E-state index contributed by atoms with van der Waals surface area (Å²) in [7, 11) is 3.45. The molecule has 0 saturated heterocycles. The quantitative estimate of drug-likeness (QED) is 0.899. The first-order valence-corrected chi connectivity index (χ1v) is 6.28. The number of carbonyl (C=O) groups excluding carboxylic acids is 1. The van der Waals surface area contributed by atoms with Crippen LogP contribution in [0.3, 0.4) is 0 Å². The second-order valence-electron chi connectivity index (χ2n) is 4.49. The minimum absolute atomic E-state index is 0.0844. The summed E-state index contributed by atoms with van der Waals surface area (Å²) < 4.78 is 7.02. The largest absolute Gasteiger partial charge is 0.480 e. The van der Waals surface area contributed by atoms with E-state index in [1.807, 2.05) is 37.0 Å². The summed E-state index contributed by atoms with van der Waals surface area (Å²) in [5.41, 5.74) is 1.58. The normalized spacial score (nSPS) is 11.8. The molecule has 6 nitrogen and oxygen atoms in total. The van der Waals surface area contributed by atoms with E-state index in [2.05, 4.69) is 15.6 Å². The molecular weight excluding hydrogens is 256 g/mol. The van der Waals surface area contributed by atoms with Crippen molar-refractivity contribution in [2.45, 2.75) is 13.0 Å². The number of rotatable bonds is 4. The number of aryl methyl sites for hydroxylation is 1. The third-order valence-electron chi connectivity index (χ3n) is 2.92. The zero-order valence-corrected chi connectivity index (χ0v) is 11.8. The standard InChI is InChI=1S/C14H18N4O2/c1-10(11-6-8-18(2)9-11)16-14(19)17-12-5-4-7-15-13(12)20-3/h4-10H,1-3H3,(H2,16,17,19)/t10-/m0/s1. The number of methoxy groups -OCH3 is 1. The van der Waals surface area contributed by atoms with Crippen LogP contribution in [0.25, 0.3) is 0 Å². The average Bonchev–Trinajstić information content (AvgIpc) is 2.86. The monoisotopic (exact) mass is 274 g/mol.